The van der Waals surface area contributed by atoms with E-state index in [1.807, 2.05) is 5.01 Å². The van der Waals surface area contributed by atoms with Gasteiger partial charge in [-0.1, -0.05) is 12.1 Å². The second kappa shape index (κ2) is 15.6. The van der Waals surface area contributed by atoms with E-state index in [1.54, 1.807) is 75.1 Å². The zero-order valence-corrected chi connectivity index (χ0v) is 31.4. The zero-order valence-electron chi connectivity index (χ0n) is 31.4. The maximum absolute atomic E-state index is 14.4. The lowest BCUT2D eigenvalue weighted by Gasteiger charge is -2.40. The first-order valence-electron chi connectivity index (χ1n) is 17.9. The molecule has 1 N–H and O–H groups in total. The number of aromatic nitrogens is 2. The van der Waals surface area contributed by atoms with Crippen LogP contribution < -0.4 is 30.3 Å². The van der Waals surface area contributed by atoms with E-state index >= 15 is 0 Å². The third-order valence-electron chi connectivity index (χ3n) is 9.52. The Labute approximate surface area is 313 Å². The van der Waals surface area contributed by atoms with Crippen LogP contribution in [0.2, 0.25) is 0 Å². The molecule has 0 bridgehead atoms. The number of likely N-dealkylation sites (tertiary alicyclic amines) is 1. The molecule has 2 atom stereocenters. The molecule has 0 spiro atoms. The van der Waals surface area contributed by atoms with E-state index in [0.29, 0.717) is 53.2 Å². The van der Waals surface area contributed by atoms with Crippen molar-refractivity contribution in [2.45, 2.75) is 58.2 Å². The Morgan fingerprint density at radius 1 is 0.944 bits per heavy atom. The number of anilines is 2. The lowest BCUT2D eigenvalue weighted by atomic mass is 10.1. The van der Waals surface area contributed by atoms with E-state index in [1.165, 1.54) is 53.0 Å². The van der Waals surface area contributed by atoms with Crippen LogP contribution in [-0.2, 0) is 9.53 Å². The summed E-state index contributed by atoms with van der Waals surface area (Å²) in [7, 11) is 2.99. The fraction of sp³-hybridized carbons (Fsp3) is 0.410. The fourth-order valence-corrected chi connectivity index (χ4v) is 6.88. The maximum atomic E-state index is 14.4. The number of rotatable bonds is 8. The molecule has 0 aliphatic carbocycles. The van der Waals surface area contributed by atoms with Gasteiger partial charge in [0.05, 0.1) is 49.9 Å². The van der Waals surface area contributed by atoms with Crippen molar-refractivity contribution in [1.82, 2.24) is 19.5 Å². The molecule has 2 aliphatic rings. The Morgan fingerprint density at radius 3 is 2.31 bits per heavy atom. The molecule has 6 rings (SSSR count). The monoisotopic (exact) mass is 743 g/mol. The molecule has 14 nitrogen and oxygen atoms in total. The van der Waals surface area contributed by atoms with Gasteiger partial charge >= 0.3 is 12.1 Å². The second-order valence-corrected chi connectivity index (χ2v) is 14.2. The zero-order chi connectivity index (χ0) is 38.7. The van der Waals surface area contributed by atoms with Crippen molar-refractivity contribution in [3.05, 3.63) is 88.7 Å². The summed E-state index contributed by atoms with van der Waals surface area (Å²) in [6.07, 6.45) is 0.726. The maximum Gasteiger partial charge on any atom is 0.410 e. The number of ether oxygens (including phenoxy) is 3. The summed E-state index contributed by atoms with van der Waals surface area (Å²) in [5.74, 6) is 0.472. The van der Waals surface area contributed by atoms with Gasteiger partial charge in [-0.3, -0.25) is 19.4 Å². The van der Waals surface area contributed by atoms with Crippen molar-refractivity contribution in [2.75, 3.05) is 62.2 Å². The van der Waals surface area contributed by atoms with E-state index < -0.39 is 35.6 Å². The van der Waals surface area contributed by atoms with Crippen LogP contribution in [0.3, 0.4) is 0 Å². The van der Waals surface area contributed by atoms with Gasteiger partial charge in [0.15, 0.2) is 5.82 Å². The van der Waals surface area contributed by atoms with E-state index in [0.717, 1.165) is 0 Å². The number of fused-ring (bicyclic) bond motifs is 1. The van der Waals surface area contributed by atoms with Crippen LogP contribution in [0.4, 0.5) is 25.4 Å². The number of methoxy groups -OCH3 is 2. The van der Waals surface area contributed by atoms with Gasteiger partial charge in [-0.2, -0.15) is 0 Å². The van der Waals surface area contributed by atoms with E-state index in [9.17, 15) is 23.6 Å². The number of hydrogen-bond donors (Lipinski definition) is 1. The average Bonchev–Trinajstić information content (AvgIpc) is 3.66. The van der Waals surface area contributed by atoms with Gasteiger partial charge in [-0.15, -0.1) is 0 Å². The van der Waals surface area contributed by atoms with E-state index in [-0.39, 0.29) is 43.5 Å². The first kappa shape index (κ1) is 37.9. The number of para-hydroxylation sites is 1. The van der Waals surface area contributed by atoms with Gasteiger partial charge in [-0.05, 0) is 89.1 Å². The number of urea groups is 1. The highest BCUT2D eigenvalue weighted by atomic mass is 19.1. The fourth-order valence-electron chi connectivity index (χ4n) is 6.88. The Balaban J connectivity index is 1.35. The van der Waals surface area contributed by atoms with Crippen LogP contribution >= 0.6 is 0 Å². The van der Waals surface area contributed by atoms with Crippen LogP contribution in [0.5, 0.6) is 11.5 Å². The molecule has 4 aromatic rings. The molecule has 2 saturated heterocycles. The Hall–Kier alpha value is -5.86. The third kappa shape index (κ3) is 7.89. The summed E-state index contributed by atoms with van der Waals surface area (Å²) in [5, 5.41) is 5.06. The number of hydrogen-bond acceptors (Lipinski definition) is 9. The molecule has 0 radical (unpaired) electrons. The summed E-state index contributed by atoms with van der Waals surface area (Å²) in [6, 6.07) is 15.3. The predicted octanol–water partition coefficient (Wildman–Crippen LogP) is 5.53. The molecule has 3 heterocycles. The number of halogens is 1. The van der Waals surface area contributed by atoms with Gasteiger partial charge in [0.2, 0.25) is 5.91 Å². The van der Waals surface area contributed by atoms with Crippen LogP contribution in [0.25, 0.3) is 10.9 Å². The highest BCUT2D eigenvalue weighted by molar-refractivity contribution is 6.03. The Kier molecular flexibility index (Phi) is 11.0. The molecule has 2 unspecified atom stereocenters. The second-order valence-electron chi connectivity index (χ2n) is 14.2. The minimum Gasteiger partial charge on any atom is -0.497 e. The molecule has 2 fully saturated rings. The Morgan fingerprint density at radius 2 is 1.65 bits per heavy atom. The summed E-state index contributed by atoms with van der Waals surface area (Å²) in [6.45, 7) is 8.69. The molecule has 4 amide bonds. The molecule has 3 aromatic carbocycles. The van der Waals surface area contributed by atoms with E-state index in [4.69, 9.17) is 19.2 Å². The highest BCUT2D eigenvalue weighted by Gasteiger charge is 2.40. The van der Waals surface area contributed by atoms with Gasteiger partial charge in [-0.25, -0.2) is 23.6 Å². The largest absolute Gasteiger partial charge is 0.497 e. The standard InChI is InChI=1S/C39H46FN7O7/c1-25(46(31-18-17-28(52-5)24-33(31)53-6)37(50)41-27-15-13-26(40)14-16-27)34-42-30-11-8-7-10-29(30)35(48)47(34)44-22-20-43(21-23-44)36(49)32-12-9-19-45(32)38(51)54-39(2,3)4/h7-8,10-11,13-18,24-25,32H,9,12,19-23H2,1-6H3,(H,41,50). The highest BCUT2D eigenvalue weighted by Crippen LogP contribution is 2.37. The number of amides is 4. The predicted molar refractivity (Wildman–Crippen MR) is 202 cm³/mol. The van der Waals surface area contributed by atoms with Crippen LogP contribution in [-0.4, -0.2) is 96.1 Å². The average molecular weight is 744 g/mol. The normalized spacial score (nSPS) is 16.6. The first-order valence-corrected chi connectivity index (χ1v) is 17.9. The summed E-state index contributed by atoms with van der Waals surface area (Å²) >= 11 is 0. The van der Waals surface area contributed by atoms with Crippen molar-refractivity contribution >= 4 is 40.3 Å². The van der Waals surface area contributed by atoms with E-state index in [2.05, 4.69) is 5.32 Å². The lowest BCUT2D eigenvalue weighted by molar-refractivity contribution is -0.136. The number of carbonyl (C=O) groups is 3. The van der Waals surface area contributed by atoms with Crippen molar-refractivity contribution in [3.8, 4) is 11.5 Å². The molecular formula is C39H46FN7O7. The molecule has 15 heteroatoms. The van der Waals surface area contributed by atoms with Crippen molar-refractivity contribution in [3.63, 3.8) is 0 Å². The number of carbonyl (C=O) groups excluding carboxylic acids is 3. The van der Waals surface area contributed by atoms with Crippen LogP contribution in [0.15, 0.2) is 71.5 Å². The molecule has 286 valence electrons. The van der Waals surface area contributed by atoms with Crippen molar-refractivity contribution < 1.29 is 33.0 Å². The number of piperazine rings is 1. The minimum atomic E-state index is -0.884. The summed E-state index contributed by atoms with van der Waals surface area (Å²) < 4.78 is 32.0. The van der Waals surface area contributed by atoms with Crippen LogP contribution in [0.1, 0.15) is 52.4 Å². The Bertz CT molecular complexity index is 2080. The quantitative estimate of drug-likeness (QED) is 0.247. The topological polar surface area (TPSA) is 139 Å². The molecule has 54 heavy (non-hydrogen) atoms. The van der Waals surface area contributed by atoms with Gasteiger partial charge in [0.25, 0.3) is 5.56 Å². The number of nitrogens with zero attached hydrogens (tertiary/aromatic N) is 6. The first-order chi connectivity index (χ1) is 25.8. The molecule has 0 saturated carbocycles. The molecular weight excluding hydrogens is 697 g/mol. The van der Waals surface area contributed by atoms with Crippen molar-refractivity contribution in [1.29, 1.82) is 0 Å². The van der Waals surface area contributed by atoms with Gasteiger partial charge in [0.1, 0.15) is 29.0 Å². The van der Waals surface area contributed by atoms with Gasteiger partial charge in [0, 0.05) is 31.4 Å². The number of nitrogens with one attached hydrogen (secondary N) is 1. The minimum absolute atomic E-state index is 0.161. The SMILES string of the molecule is COc1ccc(N(C(=O)Nc2ccc(F)cc2)C(C)c2nc3ccccc3c(=O)n2N2CCN(C(=O)C3CCCN3C(=O)OC(C)(C)C)CC2)c(OC)c1. The van der Waals surface area contributed by atoms with Crippen LogP contribution in [0, 0.1) is 5.82 Å². The summed E-state index contributed by atoms with van der Waals surface area (Å²) in [4.78, 5) is 65.1. The third-order valence-corrected chi connectivity index (χ3v) is 9.52. The molecule has 2 aliphatic heterocycles. The van der Waals surface area contributed by atoms with Crippen molar-refractivity contribution in [2.24, 2.45) is 0 Å². The smallest absolute Gasteiger partial charge is 0.410 e. The lowest BCUT2D eigenvalue weighted by Crippen LogP contribution is -2.59. The van der Waals surface area contributed by atoms with Gasteiger partial charge < -0.3 is 29.4 Å². The summed E-state index contributed by atoms with van der Waals surface area (Å²) in [5.41, 5.74) is 0.127. The molecule has 1 aromatic heterocycles. The number of benzene rings is 3.